The first-order chi connectivity index (χ1) is 16.5. The first-order valence-electron chi connectivity index (χ1n) is 10.9. The van der Waals surface area contributed by atoms with E-state index in [2.05, 4.69) is 10.2 Å². The number of rotatable bonds is 3. The summed E-state index contributed by atoms with van der Waals surface area (Å²) < 4.78 is 5.80. The number of hydrogen-bond acceptors (Lipinski definition) is 4. The molecule has 0 aliphatic carbocycles. The minimum absolute atomic E-state index is 0.0805. The van der Waals surface area contributed by atoms with Crippen LogP contribution in [0.5, 0.6) is 5.75 Å². The molecular weight excluding hydrogens is 473 g/mol. The van der Waals surface area contributed by atoms with Gasteiger partial charge in [-0.25, -0.2) is 0 Å². The number of amides is 2. The Morgan fingerprint density at radius 2 is 1.65 bits per heavy atom. The van der Waals surface area contributed by atoms with Crippen LogP contribution in [0.2, 0.25) is 10.0 Å². The topological polar surface area (TPSA) is 61.9 Å². The van der Waals surface area contributed by atoms with E-state index in [0.717, 1.165) is 11.3 Å². The summed E-state index contributed by atoms with van der Waals surface area (Å²) in [5, 5.41) is 4.09. The first-order valence-corrected chi connectivity index (χ1v) is 11.6. The van der Waals surface area contributed by atoms with E-state index in [1.165, 1.54) is 0 Å². The van der Waals surface area contributed by atoms with Gasteiger partial charge in [-0.2, -0.15) is 0 Å². The highest BCUT2D eigenvalue weighted by Gasteiger charge is 2.26. The van der Waals surface area contributed by atoms with Crippen molar-refractivity contribution in [3.8, 4) is 5.75 Å². The van der Waals surface area contributed by atoms with E-state index in [4.69, 9.17) is 27.9 Å². The summed E-state index contributed by atoms with van der Waals surface area (Å²) in [6.07, 6.45) is 1.63. The highest BCUT2D eigenvalue weighted by atomic mass is 35.5. The van der Waals surface area contributed by atoms with E-state index >= 15 is 0 Å². The Hall–Kier alpha value is -3.48. The second-order valence-electron chi connectivity index (χ2n) is 8.09. The minimum atomic E-state index is -0.382. The van der Waals surface area contributed by atoms with Crippen molar-refractivity contribution < 1.29 is 14.3 Å². The minimum Gasteiger partial charge on any atom is -0.449 e. The zero-order valence-electron chi connectivity index (χ0n) is 18.1. The van der Waals surface area contributed by atoms with Crippen LogP contribution in [0.25, 0.3) is 6.08 Å². The third-order valence-corrected chi connectivity index (χ3v) is 6.28. The maximum Gasteiger partial charge on any atom is 0.291 e. The number of benzene rings is 3. The van der Waals surface area contributed by atoms with Crippen LogP contribution in [0.1, 0.15) is 15.9 Å². The molecule has 3 aromatic rings. The number of nitrogens with zero attached hydrogens (tertiary/aromatic N) is 2. The lowest BCUT2D eigenvalue weighted by Gasteiger charge is -2.36. The molecule has 1 saturated heterocycles. The van der Waals surface area contributed by atoms with Crippen LogP contribution in [0.15, 0.2) is 72.5 Å². The Bertz CT molecular complexity index is 1300. The predicted octanol–water partition coefficient (Wildman–Crippen LogP) is 5.33. The van der Waals surface area contributed by atoms with Crippen molar-refractivity contribution in [3.05, 3.63) is 93.7 Å². The van der Waals surface area contributed by atoms with E-state index in [1.54, 1.807) is 42.5 Å². The van der Waals surface area contributed by atoms with Crippen LogP contribution in [-0.2, 0) is 4.79 Å². The summed E-state index contributed by atoms with van der Waals surface area (Å²) in [6, 6.07) is 19.9. The molecule has 2 amide bonds. The molecule has 2 aliphatic heterocycles. The van der Waals surface area contributed by atoms with Crippen molar-refractivity contribution in [1.29, 1.82) is 0 Å². The number of fused-ring (bicyclic) bond motifs is 1. The molecule has 0 unspecified atom stereocenters. The molecular formula is C26H21Cl2N3O3. The number of nitrogens with one attached hydrogen (secondary N) is 1. The SMILES string of the molecule is O=C1Nc2cc(C(=O)N3CCN(c4cccc(Cl)c4)CC3)ccc2OC1=Cc1cccc(Cl)c1. The van der Waals surface area contributed by atoms with Crippen molar-refractivity contribution in [1.82, 2.24) is 4.90 Å². The van der Waals surface area contributed by atoms with Gasteiger partial charge < -0.3 is 19.9 Å². The standard InChI is InChI=1S/C26H21Cl2N3O3/c27-19-4-1-3-17(13-19)14-24-25(32)29-22-15-18(7-8-23(22)34-24)26(33)31-11-9-30(10-12-31)21-6-2-5-20(28)16-21/h1-8,13-16H,9-12H2,(H,29,32). The molecule has 1 fully saturated rings. The fourth-order valence-corrected chi connectivity index (χ4v) is 4.45. The average molecular weight is 494 g/mol. The predicted molar refractivity (Wildman–Crippen MR) is 135 cm³/mol. The van der Waals surface area contributed by atoms with Crippen LogP contribution in [0, 0.1) is 0 Å². The van der Waals surface area contributed by atoms with Crippen molar-refractivity contribution in [2.75, 3.05) is 36.4 Å². The Labute approximate surface area is 207 Å². The lowest BCUT2D eigenvalue weighted by atomic mass is 10.1. The molecule has 0 saturated carbocycles. The molecule has 5 rings (SSSR count). The number of anilines is 2. The Morgan fingerprint density at radius 3 is 2.38 bits per heavy atom. The number of piperazine rings is 1. The lowest BCUT2D eigenvalue weighted by Crippen LogP contribution is -2.48. The summed E-state index contributed by atoms with van der Waals surface area (Å²) >= 11 is 12.1. The molecule has 172 valence electrons. The van der Waals surface area contributed by atoms with Crippen molar-refractivity contribution >= 4 is 52.5 Å². The molecule has 0 radical (unpaired) electrons. The fraction of sp³-hybridized carbons (Fsp3) is 0.154. The quantitative estimate of drug-likeness (QED) is 0.501. The van der Waals surface area contributed by atoms with Crippen LogP contribution in [0.3, 0.4) is 0 Å². The second kappa shape index (κ2) is 9.41. The Kier molecular flexibility index (Phi) is 6.18. The number of halogens is 2. The van der Waals surface area contributed by atoms with Crippen LogP contribution in [0.4, 0.5) is 11.4 Å². The second-order valence-corrected chi connectivity index (χ2v) is 8.96. The first kappa shape index (κ1) is 22.3. The monoisotopic (exact) mass is 493 g/mol. The van der Waals surface area contributed by atoms with E-state index in [-0.39, 0.29) is 17.6 Å². The zero-order chi connectivity index (χ0) is 23.7. The molecule has 3 aromatic carbocycles. The van der Waals surface area contributed by atoms with Crippen molar-refractivity contribution in [3.63, 3.8) is 0 Å². The van der Waals surface area contributed by atoms with Crippen LogP contribution < -0.4 is 15.0 Å². The van der Waals surface area contributed by atoms with Gasteiger partial charge in [0.1, 0.15) is 0 Å². The summed E-state index contributed by atoms with van der Waals surface area (Å²) in [6.45, 7) is 2.62. The molecule has 2 aliphatic rings. The van der Waals surface area contributed by atoms with Crippen molar-refractivity contribution in [2.45, 2.75) is 0 Å². The average Bonchev–Trinajstić information content (AvgIpc) is 2.84. The fourth-order valence-electron chi connectivity index (χ4n) is 4.06. The lowest BCUT2D eigenvalue weighted by molar-refractivity contribution is -0.115. The van der Waals surface area contributed by atoms with Gasteiger partial charge in [-0.15, -0.1) is 0 Å². The molecule has 34 heavy (non-hydrogen) atoms. The van der Waals surface area contributed by atoms with Gasteiger partial charge in [0.25, 0.3) is 11.8 Å². The normalized spacial score (nSPS) is 16.6. The van der Waals surface area contributed by atoms with Gasteiger partial charge in [-0.3, -0.25) is 9.59 Å². The number of carbonyl (C=O) groups is 2. The molecule has 1 N–H and O–H groups in total. The van der Waals surface area contributed by atoms with Gasteiger partial charge in [-0.1, -0.05) is 41.4 Å². The molecule has 8 heteroatoms. The third kappa shape index (κ3) is 4.74. The van der Waals surface area contributed by atoms with Crippen molar-refractivity contribution in [2.24, 2.45) is 0 Å². The smallest absolute Gasteiger partial charge is 0.291 e. The highest BCUT2D eigenvalue weighted by molar-refractivity contribution is 6.31. The Morgan fingerprint density at radius 1 is 0.912 bits per heavy atom. The number of hydrogen-bond donors (Lipinski definition) is 1. The van der Waals surface area contributed by atoms with Crippen LogP contribution >= 0.6 is 23.2 Å². The van der Waals surface area contributed by atoms with Gasteiger partial charge in [0, 0.05) is 47.5 Å². The van der Waals surface area contributed by atoms with E-state index in [1.807, 2.05) is 35.2 Å². The zero-order valence-corrected chi connectivity index (χ0v) is 19.6. The molecule has 2 heterocycles. The summed E-state index contributed by atoms with van der Waals surface area (Å²) in [7, 11) is 0. The number of ether oxygens (including phenoxy) is 1. The van der Waals surface area contributed by atoms with E-state index in [9.17, 15) is 9.59 Å². The summed E-state index contributed by atoms with van der Waals surface area (Å²) in [4.78, 5) is 29.7. The van der Waals surface area contributed by atoms with Crippen LogP contribution in [-0.4, -0.2) is 42.9 Å². The molecule has 6 nitrogen and oxygen atoms in total. The largest absolute Gasteiger partial charge is 0.449 e. The van der Waals surface area contributed by atoms with Gasteiger partial charge in [0.05, 0.1) is 5.69 Å². The molecule has 0 aromatic heterocycles. The maximum atomic E-state index is 13.1. The third-order valence-electron chi connectivity index (χ3n) is 5.81. The highest BCUT2D eigenvalue weighted by Crippen LogP contribution is 2.33. The van der Waals surface area contributed by atoms with Gasteiger partial charge in [-0.05, 0) is 60.2 Å². The Balaban J connectivity index is 1.27. The maximum absolute atomic E-state index is 13.1. The molecule has 0 spiro atoms. The van der Waals surface area contributed by atoms with Gasteiger partial charge in [0.2, 0.25) is 0 Å². The molecule has 0 atom stereocenters. The van der Waals surface area contributed by atoms with E-state index < -0.39 is 0 Å². The molecule has 0 bridgehead atoms. The number of carbonyl (C=O) groups excluding carboxylic acids is 2. The summed E-state index contributed by atoms with van der Waals surface area (Å²) in [5.41, 5.74) is 2.78. The van der Waals surface area contributed by atoms with Gasteiger partial charge >= 0.3 is 0 Å². The summed E-state index contributed by atoms with van der Waals surface area (Å²) in [5.74, 6) is 0.177. The van der Waals surface area contributed by atoms with E-state index in [0.29, 0.717) is 53.2 Å². The van der Waals surface area contributed by atoms with Gasteiger partial charge in [0.15, 0.2) is 11.5 Å².